The van der Waals surface area contributed by atoms with Crippen LogP contribution in [0.5, 0.6) is 0 Å². The Labute approximate surface area is 201 Å². The van der Waals surface area contributed by atoms with E-state index >= 15 is 0 Å². The maximum absolute atomic E-state index is 13.4. The molecule has 2 rings (SSSR count). The summed E-state index contributed by atoms with van der Waals surface area (Å²) >= 11 is 0. The molecule has 0 radical (unpaired) electrons. The second kappa shape index (κ2) is 11.1. The summed E-state index contributed by atoms with van der Waals surface area (Å²) in [6, 6.07) is 0. The highest BCUT2D eigenvalue weighted by Gasteiger charge is 2.52. The van der Waals surface area contributed by atoms with Gasteiger partial charge in [-0.25, -0.2) is 9.59 Å². The van der Waals surface area contributed by atoms with Crippen molar-refractivity contribution in [3.63, 3.8) is 0 Å². The molecular weight excluding hydrogens is 498 g/mol. The smallest absolute Gasteiger partial charge is 0.405 e. The molecule has 1 aliphatic heterocycles. The van der Waals surface area contributed by atoms with Crippen molar-refractivity contribution in [2.24, 2.45) is 5.92 Å². The Bertz CT molecular complexity index is 926. The van der Waals surface area contributed by atoms with Crippen molar-refractivity contribution in [2.45, 2.75) is 101 Å². The third kappa shape index (κ3) is 7.09. The summed E-state index contributed by atoms with van der Waals surface area (Å²) in [6.45, 7) is 4.44. The molecule has 1 N–H and O–H groups in total. The summed E-state index contributed by atoms with van der Waals surface area (Å²) in [7, 11) is -5.82. The van der Waals surface area contributed by atoms with Crippen LogP contribution in [0.15, 0.2) is 0 Å². The summed E-state index contributed by atoms with van der Waals surface area (Å²) < 4.78 is 76.6. The molecule has 200 valence electrons. The Morgan fingerprint density at radius 2 is 1.69 bits per heavy atom. The Morgan fingerprint density at radius 3 is 2.23 bits per heavy atom. The summed E-state index contributed by atoms with van der Waals surface area (Å²) in [6.07, 6.45) is -2.68. The zero-order chi connectivity index (χ0) is 26.6. The van der Waals surface area contributed by atoms with Crippen LogP contribution in [0.3, 0.4) is 0 Å². The fraction of sp³-hybridized carbons (Fsp3) is 0.810. The SMILES string of the molecule is CC(C)C1(OC(=O)C2CC(OC(=O)CCC(=O)OC(C)C(F)(F)S(=O)(=O)O)C(=O)O2)CCCCC1. The van der Waals surface area contributed by atoms with E-state index in [2.05, 4.69) is 4.74 Å². The molecule has 2 aliphatic rings. The molecule has 0 aromatic carbocycles. The lowest BCUT2D eigenvalue weighted by atomic mass is 9.77. The van der Waals surface area contributed by atoms with E-state index < -0.39 is 76.0 Å². The van der Waals surface area contributed by atoms with Crippen LogP contribution in [-0.2, 0) is 48.2 Å². The third-order valence-corrected chi connectivity index (χ3v) is 7.22. The van der Waals surface area contributed by atoms with Crippen molar-refractivity contribution in [2.75, 3.05) is 0 Å². The number of hydrogen-bond donors (Lipinski definition) is 1. The van der Waals surface area contributed by atoms with Crippen LogP contribution in [-0.4, -0.2) is 66.0 Å². The molecule has 0 bridgehead atoms. The maximum Gasteiger partial charge on any atom is 0.405 e. The zero-order valence-electron chi connectivity index (χ0n) is 19.7. The Balaban J connectivity index is 1.84. The van der Waals surface area contributed by atoms with E-state index in [4.69, 9.17) is 18.8 Å². The first-order chi connectivity index (χ1) is 16.1. The fourth-order valence-electron chi connectivity index (χ4n) is 3.97. The minimum absolute atomic E-state index is 0.0531. The van der Waals surface area contributed by atoms with E-state index in [1.165, 1.54) is 0 Å². The predicted octanol–water partition coefficient (Wildman–Crippen LogP) is 2.31. The first-order valence-electron chi connectivity index (χ1n) is 11.3. The number of alkyl halides is 2. The number of ether oxygens (including phenoxy) is 4. The van der Waals surface area contributed by atoms with Crippen molar-refractivity contribution >= 4 is 34.0 Å². The third-order valence-electron chi connectivity index (χ3n) is 6.20. The second-order valence-electron chi connectivity index (χ2n) is 9.01. The van der Waals surface area contributed by atoms with Gasteiger partial charge in [-0.2, -0.15) is 17.2 Å². The van der Waals surface area contributed by atoms with E-state index in [0.717, 1.165) is 19.3 Å². The van der Waals surface area contributed by atoms with Crippen molar-refractivity contribution in [3.8, 4) is 0 Å². The fourth-order valence-corrected chi connectivity index (χ4v) is 4.43. The van der Waals surface area contributed by atoms with Gasteiger partial charge in [-0.1, -0.05) is 20.3 Å². The molecule has 1 aliphatic carbocycles. The molecular formula is C21H30F2O11S. The van der Waals surface area contributed by atoms with Crippen molar-refractivity contribution in [1.82, 2.24) is 0 Å². The molecule has 35 heavy (non-hydrogen) atoms. The second-order valence-corrected chi connectivity index (χ2v) is 10.5. The quantitative estimate of drug-likeness (QED) is 0.252. The largest absolute Gasteiger partial charge is 0.456 e. The highest BCUT2D eigenvalue weighted by molar-refractivity contribution is 7.86. The van der Waals surface area contributed by atoms with Crippen LogP contribution in [0.1, 0.15) is 72.1 Å². The summed E-state index contributed by atoms with van der Waals surface area (Å²) in [4.78, 5) is 48.3. The number of carbonyl (C=O) groups excluding carboxylic acids is 4. The Morgan fingerprint density at radius 1 is 1.11 bits per heavy atom. The first-order valence-corrected chi connectivity index (χ1v) is 12.7. The van der Waals surface area contributed by atoms with Gasteiger partial charge in [0.2, 0.25) is 12.2 Å². The average molecular weight is 529 g/mol. The summed E-state index contributed by atoms with van der Waals surface area (Å²) in [5, 5.41) is -4.74. The first kappa shape index (κ1) is 28.9. The highest BCUT2D eigenvalue weighted by Crippen LogP contribution is 2.38. The van der Waals surface area contributed by atoms with Crippen molar-refractivity contribution < 1.29 is 59.9 Å². The van der Waals surface area contributed by atoms with Gasteiger partial charge in [0.25, 0.3) is 0 Å². The van der Waals surface area contributed by atoms with Gasteiger partial charge >= 0.3 is 39.2 Å². The van der Waals surface area contributed by atoms with E-state index in [0.29, 0.717) is 19.8 Å². The van der Waals surface area contributed by atoms with Gasteiger partial charge in [0.15, 0.2) is 6.10 Å². The number of halogens is 2. The van der Waals surface area contributed by atoms with Crippen LogP contribution in [0.4, 0.5) is 8.78 Å². The molecule has 1 saturated heterocycles. The molecule has 3 unspecified atom stereocenters. The van der Waals surface area contributed by atoms with Gasteiger partial charge in [-0.15, -0.1) is 0 Å². The molecule has 14 heteroatoms. The lowest BCUT2D eigenvalue weighted by Gasteiger charge is -2.40. The van der Waals surface area contributed by atoms with Crippen LogP contribution in [0.25, 0.3) is 0 Å². The van der Waals surface area contributed by atoms with Gasteiger partial charge in [0.1, 0.15) is 5.60 Å². The van der Waals surface area contributed by atoms with Gasteiger partial charge in [0, 0.05) is 6.42 Å². The van der Waals surface area contributed by atoms with E-state index in [9.17, 15) is 36.4 Å². The molecule has 0 aromatic rings. The molecule has 0 amide bonds. The van der Waals surface area contributed by atoms with Crippen molar-refractivity contribution in [1.29, 1.82) is 0 Å². The Kier molecular flexibility index (Phi) is 9.20. The molecule has 2 fully saturated rings. The number of rotatable bonds is 10. The Hall–Kier alpha value is -2.35. The number of hydrogen-bond acceptors (Lipinski definition) is 10. The molecule has 3 atom stereocenters. The number of carbonyl (C=O) groups is 4. The summed E-state index contributed by atoms with van der Waals surface area (Å²) in [5.74, 6) is -4.08. The monoisotopic (exact) mass is 528 g/mol. The highest BCUT2D eigenvalue weighted by atomic mass is 32.2. The van der Waals surface area contributed by atoms with E-state index in [-0.39, 0.29) is 12.3 Å². The van der Waals surface area contributed by atoms with Crippen LogP contribution in [0, 0.1) is 5.92 Å². The van der Waals surface area contributed by atoms with Crippen LogP contribution < -0.4 is 0 Å². The van der Waals surface area contributed by atoms with Crippen LogP contribution >= 0.6 is 0 Å². The minimum atomic E-state index is -5.82. The van der Waals surface area contributed by atoms with Gasteiger partial charge in [-0.05, 0) is 38.5 Å². The van der Waals surface area contributed by atoms with Gasteiger partial charge in [-0.3, -0.25) is 14.1 Å². The van der Waals surface area contributed by atoms with Crippen LogP contribution in [0.2, 0.25) is 0 Å². The molecule has 1 heterocycles. The molecule has 0 spiro atoms. The normalized spacial score (nSPS) is 23.3. The minimum Gasteiger partial charge on any atom is -0.456 e. The topological polar surface area (TPSA) is 160 Å². The zero-order valence-corrected chi connectivity index (χ0v) is 20.5. The molecule has 11 nitrogen and oxygen atoms in total. The standard InChI is InChI=1S/C21H30F2O11S/c1-12(2)20(9-5-4-6-10-20)34-19(27)15-11-14(18(26)33-15)32-17(25)8-7-16(24)31-13(3)21(22,23)35(28,29)30/h12-15H,4-11H2,1-3H3,(H,28,29,30). The van der Waals surface area contributed by atoms with Gasteiger partial charge in [0.05, 0.1) is 12.8 Å². The van der Waals surface area contributed by atoms with E-state index in [1.807, 2.05) is 13.8 Å². The number of esters is 4. The van der Waals surface area contributed by atoms with E-state index in [1.54, 1.807) is 0 Å². The predicted molar refractivity (Wildman–Crippen MR) is 112 cm³/mol. The molecule has 1 saturated carbocycles. The average Bonchev–Trinajstić information content (AvgIpc) is 3.12. The lowest BCUT2D eigenvalue weighted by Crippen LogP contribution is -2.44. The van der Waals surface area contributed by atoms with Gasteiger partial charge < -0.3 is 18.9 Å². The summed E-state index contributed by atoms with van der Waals surface area (Å²) in [5.41, 5.74) is -0.653. The number of cyclic esters (lactones) is 1. The molecule has 0 aromatic heterocycles. The van der Waals surface area contributed by atoms with Crippen molar-refractivity contribution in [3.05, 3.63) is 0 Å². The lowest BCUT2D eigenvalue weighted by molar-refractivity contribution is -0.182. The maximum atomic E-state index is 13.4.